The average Bonchev–Trinajstić information content (AvgIpc) is 3.17. The highest BCUT2D eigenvalue weighted by atomic mass is 16.5. The molecule has 0 heterocycles. The standard InChI is InChI=1S/C32H46O4/c1-21(19-36-20-23-8-6-10-26(16-23)31(3,4)35)28-13-14-29-24(9-7-15-32(28,29)5)11-12-25-17-27(33)18-30(34)22(25)2/h6,8,10-12,16,21,27-30,33-35H,2,7,9,13-15,17-20H2,1,3-5H3. The Morgan fingerprint density at radius 2 is 2.00 bits per heavy atom. The Hall–Kier alpha value is -1.72. The van der Waals surface area contributed by atoms with E-state index in [0.29, 0.717) is 37.2 Å². The van der Waals surface area contributed by atoms with Crippen LogP contribution in [0.3, 0.4) is 0 Å². The van der Waals surface area contributed by atoms with Gasteiger partial charge in [-0.05, 0) is 97.8 Å². The van der Waals surface area contributed by atoms with E-state index in [4.69, 9.17) is 4.74 Å². The first-order valence-corrected chi connectivity index (χ1v) is 13.8. The SMILES string of the molecule is C=C1C(=CC=C2CCCC3(C)C2CCC3C(C)COCc2cccc(C(C)(C)O)c2)CC(O)CC1O. The molecule has 0 aromatic heterocycles. The Bertz CT molecular complexity index is 1000. The zero-order valence-corrected chi connectivity index (χ0v) is 22.7. The van der Waals surface area contributed by atoms with E-state index in [0.717, 1.165) is 35.3 Å². The molecule has 3 aliphatic rings. The van der Waals surface area contributed by atoms with Gasteiger partial charge in [-0.2, -0.15) is 0 Å². The largest absolute Gasteiger partial charge is 0.393 e. The van der Waals surface area contributed by atoms with E-state index in [1.165, 1.54) is 31.3 Å². The van der Waals surface area contributed by atoms with Crippen LogP contribution in [0.25, 0.3) is 0 Å². The van der Waals surface area contributed by atoms with Crippen LogP contribution in [-0.2, 0) is 16.9 Å². The summed E-state index contributed by atoms with van der Waals surface area (Å²) in [5, 5.41) is 30.6. The first-order chi connectivity index (χ1) is 17.0. The maximum Gasteiger partial charge on any atom is 0.0840 e. The molecule has 0 radical (unpaired) electrons. The first kappa shape index (κ1) is 27.3. The average molecular weight is 495 g/mol. The zero-order valence-electron chi connectivity index (χ0n) is 22.7. The molecule has 0 amide bonds. The highest BCUT2D eigenvalue weighted by Gasteiger charge is 2.50. The van der Waals surface area contributed by atoms with Gasteiger partial charge >= 0.3 is 0 Å². The van der Waals surface area contributed by atoms with E-state index in [-0.39, 0.29) is 5.41 Å². The molecule has 1 aromatic carbocycles. The lowest BCUT2D eigenvalue weighted by atomic mass is 9.61. The van der Waals surface area contributed by atoms with Crippen LogP contribution < -0.4 is 0 Å². The summed E-state index contributed by atoms with van der Waals surface area (Å²) in [4.78, 5) is 0. The molecule has 1 aromatic rings. The van der Waals surface area contributed by atoms with E-state index in [9.17, 15) is 15.3 Å². The van der Waals surface area contributed by atoms with Gasteiger partial charge in [0.25, 0.3) is 0 Å². The van der Waals surface area contributed by atoms with Gasteiger partial charge in [0, 0.05) is 13.0 Å². The molecule has 4 heteroatoms. The molecule has 3 saturated carbocycles. The van der Waals surface area contributed by atoms with Gasteiger partial charge in [-0.1, -0.05) is 62.4 Å². The number of aliphatic hydroxyl groups is 3. The number of allylic oxidation sites excluding steroid dienone is 3. The van der Waals surface area contributed by atoms with Crippen LogP contribution in [0.1, 0.15) is 83.8 Å². The zero-order chi connectivity index (χ0) is 26.1. The molecule has 0 aliphatic heterocycles. The smallest absolute Gasteiger partial charge is 0.0840 e. The second-order valence-electron chi connectivity index (χ2n) is 12.4. The van der Waals surface area contributed by atoms with Gasteiger partial charge in [0.05, 0.1) is 24.4 Å². The number of ether oxygens (including phenoxy) is 1. The van der Waals surface area contributed by atoms with Gasteiger partial charge in [-0.25, -0.2) is 0 Å². The number of rotatable bonds is 7. The number of hydrogen-bond acceptors (Lipinski definition) is 4. The van der Waals surface area contributed by atoms with Crippen LogP contribution in [0.5, 0.6) is 0 Å². The lowest BCUT2D eigenvalue weighted by Crippen LogP contribution is -2.37. The fourth-order valence-corrected chi connectivity index (χ4v) is 7.20. The van der Waals surface area contributed by atoms with Crippen molar-refractivity contribution in [2.75, 3.05) is 6.61 Å². The lowest BCUT2D eigenvalue weighted by Gasteiger charge is -2.44. The fourth-order valence-electron chi connectivity index (χ4n) is 7.20. The topological polar surface area (TPSA) is 69.9 Å². The Morgan fingerprint density at radius 1 is 1.22 bits per heavy atom. The second kappa shape index (κ2) is 10.9. The first-order valence-electron chi connectivity index (χ1n) is 13.8. The summed E-state index contributed by atoms with van der Waals surface area (Å²) in [6, 6.07) is 8.07. The summed E-state index contributed by atoms with van der Waals surface area (Å²) in [5.41, 5.74) is 4.74. The van der Waals surface area contributed by atoms with E-state index in [2.05, 4.69) is 38.6 Å². The van der Waals surface area contributed by atoms with Crippen molar-refractivity contribution in [3.8, 4) is 0 Å². The van der Waals surface area contributed by atoms with Gasteiger partial charge in [0.2, 0.25) is 0 Å². The Morgan fingerprint density at radius 3 is 2.75 bits per heavy atom. The molecule has 36 heavy (non-hydrogen) atoms. The molecule has 4 rings (SSSR count). The maximum absolute atomic E-state index is 10.3. The highest BCUT2D eigenvalue weighted by molar-refractivity contribution is 5.38. The van der Waals surface area contributed by atoms with E-state index in [1.54, 1.807) is 0 Å². The minimum Gasteiger partial charge on any atom is -0.393 e. The van der Waals surface area contributed by atoms with Crippen molar-refractivity contribution in [2.24, 2.45) is 23.2 Å². The van der Waals surface area contributed by atoms with Crippen molar-refractivity contribution in [2.45, 2.75) is 97.1 Å². The number of hydrogen-bond donors (Lipinski definition) is 3. The predicted molar refractivity (Wildman–Crippen MR) is 145 cm³/mol. The summed E-state index contributed by atoms with van der Waals surface area (Å²) in [7, 11) is 0. The molecule has 3 N–H and O–H groups in total. The molecule has 3 aliphatic carbocycles. The van der Waals surface area contributed by atoms with Crippen molar-refractivity contribution < 1.29 is 20.1 Å². The minimum absolute atomic E-state index is 0.287. The lowest BCUT2D eigenvalue weighted by molar-refractivity contribution is 0.0275. The molecule has 198 valence electrons. The monoisotopic (exact) mass is 494 g/mol. The molecular weight excluding hydrogens is 448 g/mol. The van der Waals surface area contributed by atoms with Crippen LogP contribution in [0, 0.1) is 23.2 Å². The Balaban J connectivity index is 1.39. The van der Waals surface area contributed by atoms with Gasteiger partial charge in [-0.15, -0.1) is 0 Å². The fraction of sp³-hybridized carbons (Fsp3) is 0.625. The van der Waals surface area contributed by atoms with Crippen LogP contribution >= 0.6 is 0 Å². The minimum atomic E-state index is -0.845. The molecule has 3 fully saturated rings. The summed E-state index contributed by atoms with van der Waals surface area (Å²) in [6.45, 7) is 13.9. The second-order valence-corrected chi connectivity index (χ2v) is 12.4. The third kappa shape index (κ3) is 5.88. The van der Waals surface area contributed by atoms with E-state index in [1.807, 2.05) is 32.0 Å². The van der Waals surface area contributed by atoms with Gasteiger partial charge in [0.1, 0.15) is 0 Å². The maximum atomic E-state index is 10.3. The molecule has 6 unspecified atom stereocenters. The van der Waals surface area contributed by atoms with Crippen molar-refractivity contribution in [3.63, 3.8) is 0 Å². The quantitative estimate of drug-likeness (QED) is 0.422. The van der Waals surface area contributed by atoms with Gasteiger partial charge < -0.3 is 20.1 Å². The number of fused-ring (bicyclic) bond motifs is 1. The van der Waals surface area contributed by atoms with Crippen molar-refractivity contribution in [1.29, 1.82) is 0 Å². The molecular formula is C32H46O4. The Kier molecular flexibility index (Phi) is 8.31. The van der Waals surface area contributed by atoms with E-state index >= 15 is 0 Å². The molecule has 4 nitrogen and oxygen atoms in total. The molecule has 0 spiro atoms. The summed E-state index contributed by atoms with van der Waals surface area (Å²) in [5.74, 6) is 1.71. The highest BCUT2D eigenvalue weighted by Crippen LogP contribution is 2.59. The third-order valence-corrected chi connectivity index (χ3v) is 9.27. The van der Waals surface area contributed by atoms with Crippen LogP contribution in [0.15, 0.2) is 59.7 Å². The van der Waals surface area contributed by atoms with Gasteiger partial charge in [-0.3, -0.25) is 0 Å². The van der Waals surface area contributed by atoms with Crippen LogP contribution in [-0.4, -0.2) is 34.1 Å². The summed E-state index contributed by atoms with van der Waals surface area (Å²) in [6.07, 6.45) is 10.3. The molecule has 0 saturated heterocycles. The normalized spacial score (nSPS) is 34.2. The van der Waals surface area contributed by atoms with Crippen molar-refractivity contribution in [3.05, 3.63) is 70.8 Å². The number of benzene rings is 1. The summed E-state index contributed by atoms with van der Waals surface area (Å²) >= 11 is 0. The van der Waals surface area contributed by atoms with E-state index < -0.39 is 17.8 Å². The van der Waals surface area contributed by atoms with Crippen molar-refractivity contribution >= 4 is 0 Å². The summed E-state index contributed by atoms with van der Waals surface area (Å²) < 4.78 is 6.21. The molecule has 0 bridgehead atoms. The third-order valence-electron chi connectivity index (χ3n) is 9.27. The van der Waals surface area contributed by atoms with Crippen molar-refractivity contribution in [1.82, 2.24) is 0 Å². The number of aliphatic hydroxyl groups excluding tert-OH is 2. The predicted octanol–water partition coefficient (Wildman–Crippen LogP) is 6.21. The molecule has 6 atom stereocenters. The van der Waals surface area contributed by atoms with Crippen LogP contribution in [0.4, 0.5) is 0 Å². The van der Waals surface area contributed by atoms with Crippen LogP contribution in [0.2, 0.25) is 0 Å². The Labute approximate surface area is 217 Å². The van der Waals surface area contributed by atoms with Gasteiger partial charge in [0.15, 0.2) is 0 Å².